The average molecular weight is 271 g/mol. The highest BCUT2D eigenvalue weighted by Gasteiger charge is 2.13. The Morgan fingerprint density at radius 3 is 2.72 bits per heavy atom. The van der Waals surface area contributed by atoms with Crippen molar-refractivity contribution in [3.05, 3.63) is 16.5 Å². The normalized spacial score (nSPS) is 10.0. The van der Waals surface area contributed by atoms with Crippen LogP contribution in [-0.4, -0.2) is 47.2 Å². The van der Waals surface area contributed by atoms with Crippen LogP contribution in [0.3, 0.4) is 0 Å². The van der Waals surface area contributed by atoms with Crippen LogP contribution in [0.15, 0.2) is 0 Å². The fourth-order valence-electron chi connectivity index (χ4n) is 1.26. The van der Waals surface area contributed by atoms with E-state index >= 15 is 0 Å². The van der Waals surface area contributed by atoms with Gasteiger partial charge in [0, 0.05) is 13.6 Å². The van der Waals surface area contributed by atoms with Gasteiger partial charge in [0.25, 0.3) is 0 Å². The second-order valence-corrected chi connectivity index (χ2v) is 4.06. The van der Waals surface area contributed by atoms with Gasteiger partial charge in [0.1, 0.15) is 16.8 Å². The summed E-state index contributed by atoms with van der Waals surface area (Å²) in [6.45, 7) is 4.20. The van der Waals surface area contributed by atoms with Crippen molar-refractivity contribution in [2.24, 2.45) is 0 Å². The number of nitrogens with zero attached hydrogens (tertiary/aromatic N) is 3. The van der Waals surface area contributed by atoms with E-state index in [0.717, 1.165) is 0 Å². The molecule has 98 valence electrons. The van der Waals surface area contributed by atoms with Gasteiger partial charge in [-0.25, -0.2) is 9.97 Å². The molecule has 1 rings (SSSR count). The Balaban J connectivity index is 2.84. The van der Waals surface area contributed by atoms with Crippen molar-refractivity contribution < 1.29 is 9.59 Å². The van der Waals surface area contributed by atoms with Crippen molar-refractivity contribution in [1.82, 2.24) is 14.9 Å². The van der Waals surface area contributed by atoms with Gasteiger partial charge >= 0.3 is 0 Å². The lowest BCUT2D eigenvalue weighted by Gasteiger charge is -2.15. The summed E-state index contributed by atoms with van der Waals surface area (Å²) in [4.78, 5) is 32.0. The maximum atomic E-state index is 11.6. The molecule has 0 radical (unpaired) electrons. The molecule has 0 aromatic carbocycles. The van der Waals surface area contributed by atoms with E-state index in [-0.39, 0.29) is 29.0 Å². The smallest absolute Gasteiger partial charge is 0.241 e. The number of aromatic nitrogens is 2. The van der Waals surface area contributed by atoms with E-state index in [0.29, 0.717) is 18.7 Å². The van der Waals surface area contributed by atoms with E-state index in [4.69, 9.17) is 11.6 Å². The first-order chi connectivity index (χ1) is 8.49. The first kappa shape index (κ1) is 14.4. The molecule has 1 amide bonds. The Morgan fingerprint density at radius 2 is 2.17 bits per heavy atom. The van der Waals surface area contributed by atoms with Crippen LogP contribution in [0.25, 0.3) is 0 Å². The summed E-state index contributed by atoms with van der Waals surface area (Å²) in [6.07, 6.45) is 0.568. The predicted octanol–water partition coefficient (Wildman–Crippen LogP) is 1.14. The van der Waals surface area contributed by atoms with Crippen LogP contribution in [0.1, 0.15) is 23.1 Å². The quantitative estimate of drug-likeness (QED) is 0.641. The number of halogens is 1. The zero-order valence-electron chi connectivity index (χ0n) is 10.5. The minimum absolute atomic E-state index is 0.0535. The van der Waals surface area contributed by atoms with Gasteiger partial charge in [-0.1, -0.05) is 11.6 Å². The predicted molar refractivity (Wildman–Crippen MR) is 69.0 cm³/mol. The van der Waals surface area contributed by atoms with Gasteiger partial charge in [-0.15, -0.1) is 0 Å². The van der Waals surface area contributed by atoms with Gasteiger partial charge in [-0.3, -0.25) is 9.59 Å². The molecule has 7 heteroatoms. The number of hydrogen-bond donors (Lipinski definition) is 1. The number of nitrogens with one attached hydrogen (secondary N) is 1. The Morgan fingerprint density at radius 1 is 1.50 bits per heavy atom. The molecule has 1 aromatic heterocycles. The summed E-state index contributed by atoms with van der Waals surface area (Å²) in [6, 6.07) is 0. The Bertz CT molecular complexity index is 465. The summed E-state index contributed by atoms with van der Waals surface area (Å²) in [5.74, 6) is 0.617. The summed E-state index contributed by atoms with van der Waals surface area (Å²) in [5.41, 5.74) is 0.161. The average Bonchev–Trinajstić information content (AvgIpc) is 2.34. The lowest BCUT2D eigenvalue weighted by Crippen LogP contribution is -2.32. The van der Waals surface area contributed by atoms with Crippen molar-refractivity contribution in [2.45, 2.75) is 13.8 Å². The first-order valence-corrected chi connectivity index (χ1v) is 5.84. The molecule has 1 N–H and O–H groups in total. The number of amides is 1. The van der Waals surface area contributed by atoms with E-state index in [1.807, 2.05) is 6.92 Å². The topological polar surface area (TPSA) is 75.2 Å². The molecule has 0 saturated carbocycles. The Labute approximate surface area is 110 Å². The summed E-state index contributed by atoms with van der Waals surface area (Å²) < 4.78 is 0. The maximum absolute atomic E-state index is 11.6. The van der Waals surface area contributed by atoms with Crippen molar-refractivity contribution in [2.75, 3.05) is 25.5 Å². The molecule has 0 saturated heterocycles. The molecular formula is C11H15ClN4O2. The van der Waals surface area contributed by atoms with E-state index in [1.54, 1.807) is 18.9 Å². The zero-order chi connectivity index (χ0) is 13.7. The number of rotatable bonds is 5. The van der Waals surface area contributed by atoms with Crippen LogP contribution in [0, 0.1) is 6.92 Å². The largest absolute Gasteiger partial charge is 0.360 e. The third kappa shape index (κ3) is 3.40. The molecule has 0 aliphatic carbocycles. The highest BCUT2D eigenvalue weighted by atomic mass is 35.5. The number of carbonyl (C=O) groups is 2. The third-order valence-corrected chi connectivity index (χ3v) is 2.72. The van der Waals surface area contributed by atoms with Crippen molar-refractivity contribution >= 4 is 29.6 Å². The molecule has 1 heterocycles. The van der Waals surface area contributed by atoms with Gasteiger partial charge in [0.05, 0.1) is 12.1 Å². The molecule has 6 nitrogen and oxygen atoms in total. The van der Waals surface area contributed by atoms with Crippen LogP contribution < -0.4 is 5.32 Å². The number of likely N-dealkylation sites (N-methyl/N-ethyl adjacent to an activating group) is 1. The van der Waals surface area contributed by atoms with Crippen LogP contribution in [0.4, 0.5) is 5.82 Å². The van der Waals surface area contributed by atoms with Gasteiger partial charge in [0.15, 0.2) is 6.29 Å². The van der Waals surface area contributed by atoms with Crippen LogP contribution in [-0.2, 0) is 4.79 Å². The lowest BCUT2D eigenvalue weighted by molar-refractivity contribution is -0.127. The number of aldehydes is 1. The highest BCUT2D eigenvalue weighted by molar-refractivity contribution is 6.32. The van der Waals surface area contributed by atoms with Gasteiger partial charge in [-0.2, -0.15) is 0 Å². The molecule has 0 spiro atoms. The fraction of sp³-hybridized carbons (Fsp3) is 0.455. The SMILES string of the molecule is CCN(C)C(=O)CNc1nc(C)nc(Cl)c1C=O. The van der Waals surface area contributed by atoms with E-state index < -0.39 is 0 Å². The Hall–Kier alpha value is -1.69. The number of aryl methyl sites for hydroxylation is 1. The summed E-state index contributed by atoms with van der Waals surface area (Å²) in [5, 5.41) is 2.88. The van der Waals surface area contributed by atoms with Crippen molar-refractivity contribution in [3.63, 3.8) is 0 Å². The van der Waals surface area contributed by atoms with Crippen LogP contribution in [0.5, 0.6) is 0 Å². The molecule has 0 aliphatic heterocycles. The molecule has 1 aromatic rings. The summed E-state index contributed by atoms with van der Waals surface area (Å²) in [7, 11) is 1.70. The zero-order valence-corrected chi connectivity index (χ0v) is 11.3. The van der Waals surface area contributed by atoms with E-state index in [2.05, 4.69) is 15.3 Å². The highest BCUT2D eigenvalue weighted by Crippen LogP contribution is 2.18. The number of anilines is 1. The van der Waals surface area contributed by atoms with Crippen LogP contribution >= 0.6 is 11.6 Å². The molecular weight excluding hydrogens is 256 g/mol. The van der Waals surface area contributed by atoms with Crippen molar-refractivity contribution in [3.8, 4) is 0 Å². The maximum Gasteiger partial charge on any atom is 0.241 e. The second kappa shape index (κ2) is 6.30. The van der Waals surface area contributed by atoms with Crippen LogP contribution in [0.2, 0.25) is 5.15 Å². The van der Waals surface area contributed by atoms with Gasteiger partial charge < -0.3 is 10.2 Å². The monoisotopic (exact) mass is 270 g/mol. The first-order valence-electron chi connectivity index (χ1n) is 5.46. The minimum atomic E-state index is -0.0956. The number of carbonyl (C=O) groups excluding carboxylic acids is 2. The third-order valence-electron chi connectivity index (χ3n) is 2.44. The fourth-order valence-corrected chi connectivity index (χ4v) is 1.51. The molecule has 0 bridgehead atoms. The lowest BCUT2D eigenvalue weighted by atomic mass is 10.3. The molecule has 0 fully saturated rings. The molecule has 0 aliphatic rings. The summed E-state index contributed by atoms with van der Waals surface area (Å²) >= 11 is 5.82. The van der Waals surface area contributed by atoms with Crippen molar-refractivity contribution in [1.29, 1.82) is 0 Å². The van der Waals surface area contributed by atoms with Gasteiger partial charge in [0.2, 0.25) is 5.91 Å². The Kier molecular flexibility index (Phi) is 5.03. The standard InChI is InChI=1S/C11H15ClN4O2/c1-4-16(3)9(18)5-13-11-8(6-17)10(12)14-7(2)15-11/h6H,4-5H2,1-3H3,(H,13,14,15). The molecule has 0 unspecified atom stereocenters. The molecule has 18 heavy (non-hydrogen) atoms. The van der Waals surface area contributed by atoms with E-state index in [9.17, 15) is 9.59 Å². The second-order valence-electron chi connectivity index (χ2n) is 3.70. The molecule has 0 atom stereocenters. The van der Waals surface area contributed by atoms with Gasteiger partial charge in [-0.05, 0) is 13.8 Å². The van der Waals surface area contributed by atoms with E-state index in [1.165, 1.54) is 0 Å². The number of hydrogen-bond acceptors (Lipinski definition) is 5. The minimum Gasteiger partial charge on any atom is -0.360 e.